The summed E-state index contributed by atoms with van der Waals surface area (Å²) in [5.41, 5.74) is 1.34. The van der Waals surface area contributed by atoms with Crippen LogP contribution in [0.4, 0.5) is 5.69 Å². The van der Waals surface area contributed by atoms with Crippen molar-refractivity contribution in [1.29, 1.82) is 0 Å². The van der Waals surface area contributed by atoms with Crippen LogP contribution in [-0.2, 0) is 16.1 Å². The SMILES string of the molecule is O=C(Nc1c(Cl)cccc1Cl)C1CC(=O)N(Cc2ccc(Cl)cc2)C1. The number of carbonyl (C=O) groups excluding carboxylic acids is 2. The van der Waals surface area contributed by atoms with Crippen molar-refractivity contribution >= 4 is 52.3 Å². The summed E-state index contributed by atoms with van der Waals surface area (Å²) in [5.74, 6) is -0.755. The number of anilines is 1. The lowest BCUT2D eigenvalue weighted by atomic mass is 10.1. The molecule has 4 nitrogen and oxygen atoms in total. The molecular formula is C18H15Cl3N2O2. The number of para-hydroxylation sites is 1. The molecule has 1 atom stereocenters. The van der Waals surface area contributed by atoms with E-state index in [-0.39, 0.29) is 18.2 Å². The Kier molecular flexibility index (Phi) is 5.52. The fourth-order valence-electron chi connectivity index (χ4n) is 2.75. The van der Waals surface area contributed by atoms with E-state index in [0.29, 0.717) is 33.8 Å². The van der Waals surface area contributed by atoms with Crippen LogP contribution in [0.3, 0.4) is 0 Å². The maximum Gasteiger partial charge on any atom is 0.229 e. The first-order valence-electron chi connectivity index (χ1n) is 7.71. The van der Waals surface area contributed by atoms with Crippen LogP contribution in [0.15, 0.2) is 42.5 Å². The first-order chi connectivity index (χ1) is 11.9. The molecule has 25 heavy (non-hydrogen) atoms. The number of carbonyl (C=O) groups is 2. The molecular weight excluding hydrogens is 383 g/mol. The Morgan fingerprint density at radius 2 is 1.72 bits per heavy atom. The van der Waals surface area contributed by atoms with E-state index >= 15 is 0 Å². The zero-order chi connectivity index (χ0) is 18.0. The van der Waals surface area contributed by atoms with E-state index in [9.17, 15) is 9.59 Å². The second kappa shape index (κ2) is 7.65. The second-order valence-electron chi connectivity index (χ2n) is 5.89. The van der Waals surface area contributed by atoms with Gasteiger partial charge in [-0.15, -0.1) is 0 Å². The topological polar surface area (TPSA) is 49.4 Å². The summed E-state index contributed by atoms with van der Waals surface area (Å²) in [6.07, 6.45) is 0.168. The molecule has 0 aliphatic carbocycles. The molecule has 7 heteroatoms. The van der Waals surface area contributed by atoms with E-state index < -0.39 is 5.92 Å². The van der Waals surface area contributed by atoms with E-state index in [4.69, 9.17) is 34.8 Å². The van der Waals surface area contributed by atoms with Gasteiger partial charge in [-0.3, -0.25) is 9.59 Å². The van der Waals surface area contributed by atoms with Gasteiger partial charge in [0.15, 0.2) is 0 Å². The summed E-state index contributed by atoms with van der Waals surface area (Å²) in [5, 5.41) is 4.11. The minimum Gasteiger partial charge on any atom is -0.338 e. The molecule has 1 aliphatic rings. The maximum absolute atomic E-state index is 12.5. The Labute approximate surface area is 160 Å². The quantitative estimate of drug-likeness (QED) is 0.817. The van der Waals surface area contributed by atoms with Crippen LogP contribution >= 0.6 is 34.8 Å². The fourth-order valence-corrected chi connectivity index (χ4v) is 3.37. The normalized spacial score (nSPS) is 17.0. The molecule has 1 unspecified atom stereocenters. The Morgan fingerprint density at radius 3 is 2.36 bits per heavy atom. The lowest BCUT2D eigenvalue weighted by molar-refractivity contribution is -0.128. The van der Waals surface area contributed by atoms with Gasteiger partial charge >= 0.3 is 0 Å². The third kappa shape index (κ3) is 4.27. The number of benzene rings is 2. The average molecular weight is 398 g/mol. The third-order valence-electron chi connectivity index (χ3n) is 4.08. The van der Waals surface area contributed by atoms with E-state index in [1.165, 1.54) is 0 Å². The van der Waals surface area contributed by atoms with Crippen molar-refractivity contribution in [3.63, 3.8) is 0 Å². The molecule has 0 saturated carbocycles. The predicted molar refractivity (Wildman–Crippen MR) is 100 cm³/mol. The predicted octanol–water partition coefficient (Wildman–Crippen LogP) is 4.63. The van der Waals surface area contributed by atoms with Crippen molar-refractivity contribution < 1.29 is 9.59 Å². The van der Waals surface area contributed by atoms with Crippen LogP contribution in [0, 0.1) is 5.92 Å². The molecule has 1 saturated heterocycles. The molecule has 1 aliphatic heterocycles. The van der Waals surface area contributed by atoms with E-state index in [0.717, 1.165) is 5.56 Å². The van der Waals surface area contributed by atoms with Crippen LogP contribution in [0.25, 0.3) is 0 Å². The van der Waals surface area contributed by atoms with Gasteiger partial charge in [0.1, 0.15) is 0 Å². The summed E-state index contributed by atoms with van der Waals surface area (Å²) in [4.78, 5) is 26.4. The van der Waals surface area contributed by atoms with Crippen LogP contribution in [0.1, 0.15) is 12.0 Å². The van der Waals surface area contributed by atoms with Gasteiger partial charge in [0.05, 0.1) is 21.7 Å². The van der Waals surface area contributed by atoms with E-state index in [1.54, 1.807) is 35.2 Å². The van der Waals surface area contributed by atoms with Crippen LogP contribution in [0.5, 0.6) is 0 Å². The number of nitrogens with zero attached hydrogens (tertiary/aromatic N) is 1. The van der Waals surface area contributed by atoms with Crippen molar-refractivity contribution in [2.24, 2.45) is 5.92 Å². The first-order valence-corrected chi connectivity index (χ1v) is 8.84. The maximum atomic E-state index is 12.5. The number of amides is 2. The van der Waals surface area contributed by atoms with Gasteiger partial charge in [0.25, 0.3) is 0 Å². The molecule has 1 fully saturated rings. The molecule has 0 spiro atoms. The van der Waals surface area contributed by atoms with Crippen molar-refractivity contribution in [3.05, 3.63) is 63.1 Å². The minimum atomic E-state index is -0.438. The zero-order valence-corrected chi connectivity index (χ0v) is 15.4. The highest BCUT2D eigenvalue weighted by Crippen LogP contribution is 2.31. The number of hydrogen-bond donors (Lipinski definition) is 1. The standard InChI is InChI=1S/C18H15Cl3N2O2/c19-13-6-4-11(5-7-13)9-23-10-12(8-16(23)24)18(25)22-17-14(20)2-1-3-15(17)21/h1-7,12H,8-10H2,(H,22,25). The summed E-state index contributed by atoms with van der Waals surface area (Å²) >= 11 is 18.0. The van der Waals surface area contributed by atoms with Crippen molar-refractivity contribution in [3.8, 4) is 0 Å². The second-order valence-corrected chi connectivity index (χ2v) is 7.14. The summed E-state index contributed by atoms with van der Waals surface area (Å²) in [6.45, 7) is 0.808. The number of halogens is 3. The molecule has 0 bridgehead atoms. The summed E-state index contributed by atoms with van der Waals surface area (Å²) < 4.78 is 0. The summed E-state index contributed by atoms with van der Waals surface area (Å²) in [6, 6.07) is 12.3. The first kappa shape index (κ1) is 18.1. The fraction of sp³-hybridized carbons (Fsp3) is 0.222. The Hall–Kier alpha value is -1.75. The van der Waals surface area contributed by atoms with Gasteiger partial charge in [0, 0.05) is 24.5 Å². The van der Waals surface area contributed by atoms with Crippen LogP contribution < -0.4 is 5.32 Å². The Bertz CT molecular complexity index is 788. The number of hydrogen-bond acceptors (Lipinski definition) is 2. The van der Waals surface area contributed by atoms with E-state index in [1.807, 2.05) is 12.1 Å². The van der Waals surface area contributed by atoms with Gasteiger partial charge in [-0.2, -0.15) is 0 Å². The highest BCUT2D eigenvalue weighted by atomic mass is 35.5. The summed E-state index contributed by atoms with van der Waals surface area (Å²) in [7, 11) is 0. The molecule has 130 valence electrons. The van der Waals surface area contributed by atoms with Crippen LogP contribution in [0.2, 0.25) is 15.1 Å². The minimum absolute atomic E-state index is 0.0552. The van der Waals surface area contributed by atoms with Gasteiger partial charge < -0.3 is 10.2 Å². The molecule has 1 heterocycles. The Balaban J connectivity index is 1.65. The van der Waals surface area contributed by atoms with Gasteiger partial charge in [-0.1, -0.05) is 53.0 Å². The highest BCUT2D eigenvalue weighted by molar-refractivity contribution is 6.39. The lowest BCUT2D eigenvalue weighted by Crippen LogP contribution is -2.28. The smallest absolute Gasteiger partial charge is 0.229 e. The third-order valence-corrected chi connectivity index (χ3v) is 4.96. The molecule has 2 aromatic carbocycles. The molecule has 3 rings (SSSR count). The van der Waals surface area contributed by atoms with Crippen molar-refractivity contribution in [1.82, 2.24) is 4.90 Å². The van der Waals surface area contributed by atoms with Crippen LogP contribution in [-0.4, -0.2) is 23.3 Å². The zero-order valence-electron chi connectivity index (χ0n) is 13.1. The van der Waals surface area contributed by atoms with Crippen molar-refractivity contribution in [2.45, 2.75) is 13.0 Å². The Morgan fingerprint density at radius 1 is 1.08 bits per heavy atom. The van der Waals surface area contributed by atoms with Gasteiger partial charge in [0.2, 0.25) is 11.8 Å². The number of likely N-dealkylation sites (tertiary alicyclic amines) is 1. The number of nitrogens with one attached hydrogen (secondary N) is 1. The largest absolute Gasteiger partial charge is 0.338 e. The molecule has 1 N–H and O–H groups in total. The van der Waals surface area contributed by atoms with Gasteiger partial charge in [-0.05, 0) is 29.8 Å². The average Bonchev–Trinajstić information content (AvgIpc) is 2.94. The molecule has 0 radical (unpaired) electrons. The lowest BCUT2D eigenvalue weighted by Gasteiger charge is -2.17. The monoisotopic (exact) mass is 396 g/mol. The molecule has 2 aromatic rings. The number of rotatable bonds is 4. The van der Waals surface area contributed by atoms with Crippen molar-refractivity contribution in [2.75, 3.05) is 11.9 Å². The van der Waals surface area contributed by atoms with Gasteiger partial charge in [-0.25, -0.2) is 0 Å². The highest BCUT2D eigenvalue weighted by Gasteiger charge is 2.34. The van der Waals surface area contributed by atoms with E-state index in [2.05, 4.69) is 5.32 Å². The molecule has 2 amide bonds. The molecule has 0 aromatic heterocycles.